The van der Waals surface area contributed by atoms with E-state index >= 15 is 0 Å². The highest BCUT2D eigenvalue weighted by Gasteiger charge is 2.17. The van der Waals surface area contributed by atoms with E-state index in [0.29, 0.717) is 17.6 Å². The summed E-state index contributed by atoms with van der Waals surface area (Å²) in [5.41, 5.74) is 2.36. The zero-order valence-corrected chi connectivity index (χ0v) is 13.6. The largest absolute Gasteiger partial charge is 0.341 e. The van der Waals surface area contributed by atoms with Crippen LogP contribution in [0.2, 0.25) is 0 Å². The van der Waals surface area contributed by atoms with Crippen LogP contribution in [0, 0.1) is 0 Å². The number of anilines is 2. The summed E-state index contributed by atoms with van der Waals surface area (Å²) in [7, 11) is 0. The van der Waals surface area contributed by atoms with Gasteiger partial charge in [-0.3, -0.25) is 4.79 Å². The van der Waals surface area contributed by atoms with Gasteiger partial charge in [-0.15, -0.1) is 0 Å². The SMILES string of the molecule is CC(C)c1ccccc1NC(=O)c1ccnc(N2CCCC2)n1. The Morgan fingerprint density at radius 3 is 2.65 bits per heavy atom. The van der Waals surface area contributed by atoms with Crippen LogP contribution in [0.4, 0.5) is 11.6 Å². The molecule has 5 heteroatoms. The second kappa shape index (κ2) is 6.77. The lowest BCUT2D eigenvalue weighted by molar-refractivity contribution is 0.102. The maximum Gasteiger partial charge on any atom is 0.274 e. The summed E-state index contributed by atoms with van der Waals surface area (Å²) in [6.45, 7) is 6.14. The Balaban J connectivity index is 1.80. The molecular formula is C18H22N4O. The van der Waals surface area contributed by atoms with Crippen molar-refractivity contribution in [1.29, 1.82) is 0 Å². The fourth-order valence-corrected chi connectivity index (χ4v) is 2.85. The van der Waals surface area contributed by atoms with Gasteiger partial charge in [0.25, 0.3) is 5.91 Å². The summed E-state index contributed by atoms with van der Waals surface area (Å²) < 4.78 is 0. The maximum atomic E-state index is 12.5. The molecule has 23 heavy (non-hydrogen) atoms. The van der Waals surface area contributed by atoms with Crippen molar-refractivity contribution in [1.82, 2.24) is 9.97 Å². The minimum absolute atomic E-state index is 0.194. The van der Waals surface area contributed by atoms with Crippen LogP contribution in [-0.4, -0.2) is 29.0 Å². The molecule has 1 aliphatic rings. The first-order valence-corrected chi connectivity index (χ1v) is 8.13. The van der Waals surface area contributed by atoms with Crippen LogP contribution >= 0.6 is 0 Å². The van der Waals surface area contributed by atoms with Gasteiger partial charge < -0.3 is 10.2 Å². The number of para-hydroxylation sites is 1. The molecule has 2 heterocycles. The Kier molecular flexibility index (Phi) is 4.55. The predicted molar refractivity (Wildman–Crippen MR) is 92.0 cm³/mol. The minimum Gasteiger partial charge on any atom is -0.341 e. The van der Waals surface area contributed by atoms with Crippen LogP contribution in [0.1, 0.15) is 48.7 Å². The van der Waals surface area contributed by atoms with E-state index in [4.69, 9.17) is 0 Å². The van der Waals surface area contributed by atoms with Crippen LogP contribution in [0.15, 0.2) is 36.5 Å². The van der Waals surface area contributed by atoms with E-state index in [2.05, 4.69) is 34.0 Å². The monoisotopic (exact) mass is 310 g/mol. The Morgan fingerprint density at radius 1 is 1.17 bits per heavy atom. The molecule has 1 amide bonds. The zero-order valence-electron chi connectivity index (χ0n) is 13.6. The summed E-state index contributed by atoms with van der Waals surface area (Å²) >= 11 is 0. The van der Waals surface area contributed by atoms with E-state index in [9.17, 15) is 4.79 Å². The molecule has 2 aromatic rings. The first-order valence-electron chi connectivity index (χ1n) is 8.13. The van der Waals surface area contributed by atoms with Gasteiger partial charge in [-0.25, -0.2) is 9.97 Å². The zero-order chi connectivity index (χ0) is 16.2. The van der Waals surface area contributed by atoms with Gasteiger partial charge in [0.2, 0.25) is 5.95 Å². The van der Waals surface area contributed by atoms with Crippen molar-refractivity contribution in [2.75, 3.05) is 23.3 Å². The fraction of sp³-hybridized carbons (Fsp3) is 0.389. The highest BCUT2D eigenvalue weighted by Crippen LogP contribution is 2.24. The number of rotatable bonds is 4. The summed E-state index contributed by atoms with van der Waals surface area (Å²) in [5, 5.41) is 2.98. The number of benzene rings is 1. The van der Waals surface area contributed by atoms with Gasteiger partial charge in [0.15, 0.2) is 0 Å². The number of carbonyl (C=O) groups is 1. The van der Waals surface area contributed by atoms with Crippen LogP contribution in [0.25, 0.3) is 0 Å². The number of aromatic nitrogens is 2. The molecule has 1 fully saturated rings. The van der Waals surface area contributed by atoms with Crippen LogP contribution in [0.5, 0.6) is 0 Å². The van der Waals surface area contributed by atoms with Crippen LogP contribution in [-0.2, 0) is 0 Å². The van der Waals surface area contributed by atoms with Crippen molar-refractivity contribution in [3.8, 4) is 0 Å². The molecule has 1 N–H and O–H groups in total. The first kappa shape index (κ1) is 15.5. The van der Waals surface area contributed by atoms with Gasteiger partial charge in [-0.1, -0.05) is 32.0 Å². The summed E-state index contributed by atoms with van der Waals surface area (Å²) in [6.07, 6.45) is 3.97. The topological polar surface area (TPSA) is 58.1 Å². The van der Waals surface area contributed by atoms with E-state index in [-0.39, 0.29) is 5.91 Å². The predicted octanol–water partition coefficient (Wildman–Crippen LogP) is 3.45. The third-order valence-corrected chi connectivity index (χ3v) is 4.10. The molecule has 5 nitrogen and oxygen atoms in total. The summed E-state index contributed by atoms with van der Waals surface area (Å²) in [6, 6.07) is 9.54. The molecule has 1 aromatic heterocycles. The van der Waals surface area contributed by atoms with Crippen molar-refractivity contribution >= 4 is 17.5 Å². The van der Waals surface area contributed by atoms with Gasteiger partial charge in [0, 0.05) is 25.0 Å². The number of amides is 1. The average molecular weight is 310 g/mol. The average Bonchev–Trinajstić information content (AvgIpc) is 3.10. The molecule has 0 radical (unpaired) electrons. The molecule has 0 saturated carbocycles. The van der Waals surface area contributed by atoms with Gasteiger partial charge in [-0.2, -0.15) is 0 Å². The second-order valence-corrected chi connectivity index (χ2v) is 6.13. The van der Waals surface area contributed by atoms with Crippen molar-refractivity contribution in [2.45, 2.75) is 32.6 Å². The molecule has 1 aromatic carbocycles. The Labute approximate surface area is 136 Å². The molecule has 1 aliphatic heterocycles. The standard InChI is InChI=1S/C18H22N4O/c1-13(2)14-7-3-4-8-15(14)20-17(23)16-9-10-19-18(21-16)22-11-5-6-12-22/h3-4,7-10,13H,5-6,11-12H2,1-2H3,(H,20,23). The Hall–Kier alpha value is -2.43. The lowest BCUT2D eigenvalue weighted by Crippen LogP contribution is -2.22. The van der Waals surface area contributed by atoms with E-state index in [1.54, 1.807) is 12.3 Å². The van der Waals surface area contributed by atoms with Gasteiger partial charge in [0.1, 0.15) is 5.69 Å². The summed E-state index contributed by atoms with van der Waals surface area (Å²) in [4.78, 5) is 23.4. The maximum absolute atomic E-state index is 12.5. The molecule has 3 rings (SSSR count). The number of nitrogens with one attached hydrogen (secondary N) is 1. The quantitative estimate of drug-likeness (QED) is 0.939. The Bertz CT molecular complexity index is 693. The van der Waals surface area contributed by atoms with Crippen molar-refractivity contribution < 1.29 is 4.79 Å². The number of nitrogens with zero attached hydrogens (tertiary/aromatic N) is 3. The molecule has 0 bridgehead atoms. The Morgan fingerprint density at radius 2 is 1.91 bits per heavy atom. The normalized spacial score (nSPS) is 14.3. The van der Waals surface area contributed by atoms with E-state index in [0.717, 1.165) is 37.2 Å². The molecule has 120 valence electrons. The summed E-state index contributed by atoms with van der Waals surface area (Å²) in [5.74, 6) is 0.797. The fourth-order valence-electron chi connectivity index (χ4n) is 2.85. The number of carbonyl (C=O) groups excluding carboxylic acids is 1. The molecule has 0 unspecified atom stereocenters. The number of hydrogen-bond donors (Lipinski definition) is 1. The second-order valence-electron chi connectivity index (χ2n) is 6.13. The first-order chi connectivity index (χ1) is 11.1. The smallest absolute Gasteiger partial charge is 0.274 e. The molecule has 0 spiro atoms. The molecule has 1 saturated heterocycles. The highest BCUT2D eigenvalue weighted by molar-refractivity contribution is 6.03. The number of hydrogen-bond acceptors (Lipinski definition) is 4. The van der Waals surface area contributed by atoms with Gasteiger partial charge >= 0.3 is 0 Å². The highest BCUT2D eigenvalue weighted by atomic mass is 16.1. The van der Waals surface area contributed by atoms with Crippen molar-refractivity contribution in [3.05, 3.63) is 47.8 Å². The van der Waals surface area contributed by atoms with E-state index in [1.165, 1.54) is 0 Å². The minimum atomic E-state index is -0.194. The third-order valence-electron chi connectivity index (χ3n) is 4.10. The van der Waals surface area contributed by atoms with E-state index in [1.807, 2.05) is 24.3 Å². The van der Waals surface area contributed by atoms with Crippen molar-refractivity contribution in [3.63, 3.8) is 0 Å². The molecular weight excluding hydrogens is 288 g/mol. The van der Waals surface area contributed by atoms with Crippen LogP contribution < -0.4 is 10.2 Å². The van der Waals surface area contributed by atoms with Crippen LogP contribution in [0.3, 0.4) is 0 Å². The van der Waals surface area contributed by atoms with E-state index < -0.39 is 0 Å². The molecule has 0 atom stereocenters. The lowest BCUT2D eigenvalue weighted by Gasteiger charge is -2.16. The third kappa shape index (κ3) is 3.50. The molecule has 0 aliphatic carbocycles. The van der Waals surface area contributed by atoms with Gasteiger partial charge in [-0.05, 0) is 36.5 Å². The van der Waals surface area contributed by atoms with Crippen molar-refractivity contribution in [2.24, 2.45) is 0 Å². The van der Waals surface area contributed by atoms with Gasteiger partial charge in [0.05, 0.1) is 0 Å². The lowest BCUT2D eigenvalue weighted by atomic mass is 10.0.